The summed E-state index contributed by atoms with van der Waals surface area (Å²) in [6.07, 6.45) is 1.06. The van der Waals surface area contributed by atoms with Gasteiger partial charge in [-0.3, -0.25) is 9.78 Å². The van der Waals surface area contributed by atoms with Crippen molar-refractivity contribution in [2.45, 2.75) is 12.6 Å². The summed E-state index contributed by atoms with van der Waals surface area (Å²) in [5.41, 5.74) is 2.15. The number of carbonyl (C=O) groups is 1. The number of fused-ring (bicyclic) bond motifs is 1. The molecule has 0 bridgehead atoms. The van der Waals surface area contributed by atoms with E-state index in [1.54, 1.807) is 29.3 Å². The lowest BCUT2D eigenvalue weighted by atomic mass is 10.0. The van der Waals surface area contributed by atoms with Gasteiger partial charge in [-0.2, -0.15) is 0 Å². The van der Waals surface area contributed by atoms with Crippen molar-refractivity contribution in [3.63, 3.8) is 0 Å². The molecule has 1 saturated heterocycles. The third-order valence-electron chi connectivity index (χ3n) is 4.65. The first kappa shape index (κ1) is 18.0. The van der Waals surface area contributed by atoms with Crippen LogP contribution in [0.25, 0.3) is 11.3 Å². The van der Waals surface area contributed by atoms with E-state index in [1.807, 2.05) is 6.07 Å². The normalized spacial score (nSPS) is 19.7. The van der Waals surface area contributed by atoms with E-state index in [2.05, 4.69) is 10.3 Å². The number of hydrogen-bond donors (Lipinski definition) is 2. The summed E-state index contributed by atoms with van der Waals surface area (Å²) in [4.78, 5) is 18.8. The first-order chi connectivity index (χ1) is 13.1. The van der Waals surface area contributed by atoms with Crippen molar-refractivity contribution in [1.82, 2.24) is 15.2 Å². The quantitative estimate of drug-likeness (QED) is 0.815. The number of rotatable bonds is 2. The van der Waals surface area contributed by atoms with E-state index in [0.29, 0.717) is 49.3 Å². The van der Waals surface area contributed by atoms with E-state index in [-0.39, 0.29) is 11.7 Å². The number of amides is 1. The summed E-state index contributed by atoms with van der Waals surface area (Å²) in [5.74, 6) is 0.364. The molecule has 8 heteroatoms. The smallest absolute Gasteiger partial charge is 0.253 e. The van der Waals surface area contributed by atoms with Crippen molar-refractivity contribution in [2.24, 2.45) is 0 Å². The number of aromatic nitrogens is 1. The number of morpholine rings is 1. The van der Waals surface area contributed by atoms with Gasteiger partial charge in [0.2, 0.25) is 0 Å². The van der Waals surface area contributed by atoms with Gasteiger partial charge in [-0.05, 0) is 24.3 Å². The van der Waals surface area contributed by atoms with Crippen molar-refractivity contribution in [3.05, 3.63) is 41.0 Å². The minimum Gasteiger partial charge on any atom is -0.504 e. The van der Waals surface area contributed by atoms with Crippen molar-refractivity contribution < 1.29 is 19.4 Å². The lowest BCUT2D eigenvalue weighted by molar-refractivity contribution is -0.146. The van der Waals surface area contributed by atoms with Gasteiger partial charge in [0.15, 0.2) is 11.5 Å². The molecule has 0 spiro atoms. The molecule has 27 heavy (non-hydrogen) atoms. The van der Waals surface area contributed by atoms with Gasteiger partial charge in [-0.15, -0.1) is 0 Å². The average Bonchev–Trinajstić information content (AvgIpc) is 2.91. The van der Waals surface area contributed by atoms with Gasteiger partial charge in [0, 0.05) is 37.0 Å². The van der Waals surface area contributed by atoms with Gasteiger partial charge in [-0.25, -0.2) is 0 Å². The number of pyridine rings is 1. The Hall–Kier alpha value is -2.35. The molecule has 142 valence electrons. The predicted octanol–water partition coefficient (Wildman–Crippen LogP) is 1.82. The maximum absolute atomic E-state index is 12.8. The van der Waals surface area contributed by atoms with E-state index in [1.165, 1.54) is 0 Å². The first-order valence-electron chi connectivity index (χ1n) is 8.83. The van der Waals surface area contributed by atoms with Crippen LogP contribution in [0.1, 0.15) is 5.56 Å². The molecule has 2 aliphatic heterocycles. The Bertz CT molecular complexity index is 838. The van der Waals surface area contributed by atoms with Crippen LogP contribution in [0.5, 0.6) is 11.5 Å². The lowest BCUT2D eigenvalue weighted by Gasteiger charge is -2.28. The number of nitrogens with zero attached hydrogens (tertiary/aromatic N) is 2. The molecule has 0 unspecified atom stereocenters. The molecule has 2 aliphatic rings. The number of phenols is 1. The number of ether oxygens (including phenoxy) is 2. The maximum Gasteiger partial charge on any atom is 0.253 e. The Labute approximate surface area is 161 Å². The van der Waals surface area contributed by atoms with Gasteiger partial charge in [0.25, 0.3) is 5.91 Å². The standard InChI is InChI=1S/C19H20ClN3O4/c20-14-1-2-15(22-9-14)12-7-13-11-23(4-6-27-18(13)16(24)8-12)19(25)17-10-21-3-5-26-17/h1-2,7-9,17,21,24H,3-6,10-11H2/t17-/m0/s1. The first-order valence-corrected chi connectivity index (χ1v) is 9.21. The zero-order chi connectivity index (χ0) is 18.8. The highest BCUT2D eigenvalue weighted by Gasteiger charge is 2.29. The summed E-state index contributed by atoms with van der Waals surface area (Å²) in [6, 6.07) is 7.02. The molecular weight excluding hydrogens is 370 g/mol. The van der Waals surface area contributed by atoms with Crippen LogP contribution < -0.4 is 10.1 Å². The molecule has 1 atom stereocenters. The molecule has 1 fully saturated rings. The van der Waals surface area contributed by atoms with E-state index >= 15 is 0 Å². The molecule has 1 aromatic heterocycles. The largest absolute Gasteiger partial charge is 0.504 e. The van der Waals surface area contributed by atoms with Crippen LogP contribution in [0.2, 0.25) is 5.02 Å². The van der Waals surface area contributed by atoms with Crippen LogP contribution in [-0.2, 0) is 16.1 Å². The Morgan fingerprint density at radius 3 is 2.96 bits per heavy atom. The number of carbonyl (C=O) groups excluding carboxylic acids is 1. The van der Waals surface area contributed by atoms with E-state index in [9.17, 15) is 9.90 Å². The highest BCUT2D eigenvalue weighted by molar-refractivity contribution is 6.30. The molecule has 1 amide bonds. The van der Waals surface area contributed by atoms with Crippen LogP contribution in [-0.4, -0.2) is 59.8 Å². The van der Waals surface area contributed by atoms with Crippen LogP contribution in [0.4, 0.5) is 0 Å². The SMILES string of the molecule is O=C([C@@H]1CNCCO1)N1CCOc2c(O)cc(-c3ccc(Cl)cn3)cc2C1. The van der Waals surface area contributed by atoms with E-state index in [4.69, 9.17) is 21.1 Å². The molecule has 7 nitrogen and oxygen atoms in total. The van der Waals surface area contributed by atoms with E-state index < -0.39 is 6.10 Å². The second kappa shape index (κ2) is 7.72. The molecule has 0 radical (unpaired) electrons. The Morgan fingerprint density at radius 2 is 2.22 bits per heavy atom. The second-order valence-electron chi connectivity index (χ2n) is 6.52. The lowest BCUT2D eigenvalue weighted by Crippen LogP contribution is -2.49. The monoisotopic (exact) mass is 389 g/mol. The fraction of sp³-hybridized carbons (Fsp3) is 0.368. The van der Waals surface area contributed by atoms with Gasteiger partial charge < -0.3 is 24.8 Å². The highest BCUT2D eigenvalue weighted by atomic mass is 35.5. The zero-order valence-electron chi connectivity index (χ0n) is 14.7. The van der Waals surface area contributed by atoms with Crippen LogP contribution in [0.15, 0.2) is 30.5 Å². The fourth-order valence-corrected chi connectivity index (χ4v) is 3.42. The minimum absolute atomic E-state index is 0.0316. The maximum atomic E-state index is 12.8. The number of hydrogen-bond acceptors (Lipinski definition) is 6. The number of phenolic OH excluding ortho intramolecular Hbond substituents is 1. The van der Waals surface area contributed by atoms with Crippen molar-refractivity contribution in [2.75, 3.05) is 32.8 Å². The molecule has 4 rings (SSSR count). The molecule has 1 aromatic carbocycles. The summed E-state index contributed by atoms with van der Waals surface area (Å²) in [5, 5.41) is 14.1. The third kappa shape index (κ3) is 3.85. The third-order valence-corrected chi connectivity index (χ3v) is 4.88. The number of halogens is 1. The molecular formula is C19H20ClN3O4. The second-order valence-corrected chi connectivity index (χ2v) is 6.95. The molecule has 2 N–H and O–H groups in total. The number of nitrogens with one attached hydrogen (secondary N) is 1. The molecule has 0 saturated carbocycles. The zero-order valence-corrected chi connectivity index (χ0v) is 15.4. The van der Waals surface area contributed by atoms with Crippen LogP contribution in [0.3, 0.4) is 0 Å². The molecule has 2 aromatic rings. The van der Waals surface area contributed by atoms with Crippen LogP contribution in [0, 0.1) is 0 Å². The Kier molecular flexibility index (Phi) is 5.15. The Morgan fingerprint density at radius 1 is 1.33 bits per heavy atom. The summed E-state index contributed by atoms with van der Waals surface area (Å²) >= 11 is 5.90. The summed E-state index contributed by atoms with van der Waals surface area (Å²) in [6.45, 7) is 2.85. The summed E-state index contributed by atoms with van der Waals surface area (Å²) in [7, 11) is 0. The summed E-state index contributed by atoms with van der Waals surface area (Å²) < 4.78 is 11.3. The Balaban J connectivity index is 1.62. The average molecular weight is 390 g/mol. The van der Waals surface area contributed by atoms with Crippen molar-refractivity contribution in [3.8, 4) is 22.8 Å². The van der Waals surface area contributed by atoms with Crippen molar-refractivity contribution in [1.29, 1.82) is 0 Å². The predicted molar refractivity (Wildman–Crippen MR) is 99.9 cm³/mol. The van der Waals surface area contributed by atoms with Gasteiger partial charge in [0.1, 0.15) is 12.7 Å². The topological polar surface area (TPSA) is 83.9 Å². The van der Waals surface area contributed by atoms with Gasteiger partial charge >= 0.3 is 0 Å². The fourth-order valence-electron chi connectivity index (χ4n) is 3.31. The number of benzene rings is 1. The van der Waals surface area contributed by atoms with Gasteiger partial charge in [0.05, 0.1) is 23.9 Å². The van der Waals surface area contributed by atoms with Gasteiger partial charge in [-0.1, -0.05) is 11.6 Å². The van der Waals surface area contributed by atoms with E-state index in [0.717, 1.165) is 17.7 Å². The van der Waals surface area contributed by atoms with Crippen molar-refractivity contribution >= 4 is 17.5 Å². The number of aromatic hydroxyl groups is 1. The highest BCUT2D eigenvalue weighted by Crippen LogP contribution is 2.37. The molecule has 0 aliphatic carbocycles. The van der Waals surface area contributed by atoms with Crippen LogP contribution >= 0.6 is 11.6 Å². The molecule has 3 heterocycles. The minimum atomic E-state index is -0.491.